The normalized spacial score (nSPS) is 36.9. The molecule has 0 bridgehead atoms. The van der Waals surface area contributed by atoms with Crippen molar-refractivity contribution in [3.8, 4) is 0 Å². The summed E-state index contributed by atoms with van der Waals surface area (Å²) >= 11 is 3.51. The van der Waals surface area contributed by atoms with E-state index in [9.17, 15) is 9.59 Å². The molecule has 3 heterocycles. The maximum Gasteiger partial charge on any atom is 0.224 e. The van der Waals surface area contributed by atoms with E-state index in [0.29, 0.717) is 24.2 Å². The molecule has 2 aromatic rings. The highest BCUT2D eigenvalue weighted by Gasteiger charge is 2.60. The molecule has 3 fully saturated rings. The molecule has 2 N–H and O–H groups in total. The van der Waals surface area contributed by atoms with Crippen LogP contribution >= 0.6 is 22.7 Å². The molecule has 6 heteroatoms. The van der Waals surface area contributed by atoms with E-state index in [0.717, 1.165) is 44.9 Å². The SMILES string of the molecule is C[C@]12CC[C@H]3[C@@H](CC=C4NC(=O)CC[C@@]43C)[C@@H]1CC[C@@H]2C(=O)NC(Cc1cccs1)c1cccs1. The Kier molecular flexibility index (Phi) is 5.96. The second kappa shape index (κ2) is 8.88. The van der Waals surface area contributed by atoms with Gasteiger partial charge in [-0.1, -0.05) is 32.1 Å². The number of hydrogen-bond acceptors (Lipinski definition) is 4. The first-order valence-electron chi connectivity index (χ1n) is 13.2. The van der Waals surface area contributed by atoms with Gasteiger partial charge in [0.25, 0.3) is 0 Å². The molecule has 1 saturated heterocycles. The van der Waals surface area contributed by atoms with Crippen molar-refractivity contribution in [2.24, 2.45) is 34.5 Å². The Bertz CT molecular complexity index is 1120. The van der Waals surface area contributed by atoms with E-state index in [-0.39, 0.29) is 34.6 Å². The zero-order chi connectivity index (χ0) is 24.2. The number of piperidine rings is 1. The molecule has 1 aliphatic heterocycles. The predicted octanol–water partition coefficient (Wildman–Crippen LogP) is 6.47. The van der Waals surface area contributed by atoms with Gasteiger partial charge in [-0.25, -0.2) is 0 Å². The van der Waals surface area contributed by atoms with Crippen molar-refractivity contribution in [1.82, 2.24) is 10.6 Å². The summed E-state index contributed by atoms with van der Waals surface area (Å²) in [5.41, 5.74) is 1.33. The van der Waals surface area contributed by atoms with Crippen LogP contribution in [0.3, 0.4) is 0 Å². The van der Waals surface area contributed by atoms with Crippen molar-refractivity contribution in [2.75, 3.05) is 0 Å². The van der Waals surface area contributed by atoms with Gasteiger partial charge >= 0.3 is 0 Å². The summed E-state index contributed by atoms with van der Waals surface area (Å²) in [6.45, 7) is 4.79. The first kappa shape index (κ1) is 23.5. The third-order valence-electron chi connectivity index (χ3n) is 10.1. The molecule has 4 nitrogen and oxygen atoms in total. The lowest BCUT2D eigenvalue weighted by Gasteiger charge is -2.57. The smallest absolute Gasteiger partial charge is 0.224 e. The molecule has 4 aliphatic rings. The number of carbonyl (C=O) groups is 2. The fourth-order valence-electron chi connectivity index (χ4n) is 8.24. The van der Waals surface area contributed by atoms with Gasteiger partial charge in [0.15, 0.2) is 0 Å². The summed E-state index contributed by atoms with van der Waals surface area (Å²) in [6, 6.07) is 8.55. The van der Waals surface area contributed by atoms with Crippen LogP contribution in [0.5, 0.6) is 0 Å². The third kappa shape index (κ3) is 3.92. The van der Waals surface area contributed by atoms with E-state index in [1.165, 1.54) is 15.5 Å². The van der Waals surface area contributed by atoms with Crippen LogP contribution in [-0.2, 0) is 16.0 Å². The Labute approximate surface area is 216 Å². The van der Waals surface area contributed by atoms with Gasteiger partial charge in [-0.2, -0.15) is 0 Å². The minimum atomic E-state index is 0.0464. The van der Waals surface area contributed by atoms with Gasteiger partial charge in [0.05, 0.1) is 6.04 Å². The molecule has 1 unspecified atom stereocenters. The zero-order valence-electron chi connectivity index (χ0n) is 20.7. The maximum absolute atomic E-state index is 13.9. The first-order valence-corrected chi connectivity index (χ1v) is 15.0. The number of thiophene rings is 2. The lowest BCUT2D eigenvalue weighted by Crippen LogP contribution is -2.54. The van der Waals surface area contributed by atoms with E-state index in [1.54, 1.807) is 22.7 Å². The average molecular weight is 509 g/mol. The highest BCUT2D eigenvalue weighted by molar-refractivity contribution is 7.10. The number of nitrogens with one attached hydrogen (secondary N) is 2. The van der Waals surface area contributed by atoms with Crippen molar-refractivity contribution < 1.29 is 9.59 Å². The summed E-state index contributed by atoms with van der Waals surface area (Å²) < 4.78 is 0. The predicted molar refractivity (Wildman–Crippen MR) is 142 cm³/mol. The van der Waals surface area contributed by atoms with Crippen LogP contribution in [-0.4, -0.2) is 11.8 Å². The molecule has 186 valence electrons. The molecule has 0 aromatic carbocycles. The molecule has 35 heavy (non-hydrogen) atoms. The topological polar surface area (TPSA) is 58.2 Å². The fourth-order valence-corrected chi connectivity index (χ4v) is 9.77. The van der Waals surface area contributed by atoms with Crippen molar-refractivity contribution in [2.45, 2.75) is 71.3 Å². The van der Waals surface area contributed by atoms with Gasteiger partial charge in [0.2, 0.25) is 11.8 Å². The summed E-state index contributed by atoms with van der Waals surface area (Å²) in [7, 11) is 0. The lowest BCUT2D eigenvalue weighted by atomic mass is 9.49. The van der Waals surface area contributed by atoms with Crippen molar-refractivity contribution in [3.63, 3.8) is 0 Å². The molecule has 3 aliphatic carbocycles. The van der Waals surface area contributed by atoms with E-state index < -0.39 is 0 Å². The Morgan fingerprint density at radius 3 is 2.71 bits per heavy atom. The van der Waals surface area contributed by atoms with Crippen LogP contribution in [0, 0.1) is 34.5 Å². The molecule has 7 atom stereocenters. The molecule has 2 saturated carbocycles. The number of fused-ring (bicyclic) bond motifs is 5. The van der Waals surface area contributed by atoms with E-state index in [1.807, 2.05) is 0 Å². The van der Waals surface area contributed by atoms with Crippen LogP contribution in [0.4, 0.5) is 0 Å². The van der Waals surface area contributed by atoms with Gasteiger partial charge in [0, 0.05) is 39.6 Å². The molecule has 2 amide bonds. The number of carbonyl (C=O) groups excluding carboxylic acids is 2. The highest BCUT2D eigenvalue weighted by Crippen LogP contribution is 2.65. The van der Waals surface area contributed by atoms with Crippen molar-refractivity contribution in [3.05, 3.63) is 56.6 Å². The van der Waals surface area contributed by atoms with Crippen LogP contribution in [0.2, 0.25) is 0 Å². The number of allylic oxidation sites excluding steroid dienone is 2. The minimum Gasteiger partial charge on any atom is -0.348 e. The fraction of sp³-hybridized carbons (Fsp3) is 0.586. The quantitative estimate of drug-likeness (QED) is 0.486. The first-order chi connectivity index (χ1) is 16.9. The van der Waals surface area contributed by atoms with Gasteiger partial charge in [-0.05, 0) is 84.6 Å². The second-order valence-electron chi connectivity index (χ2n) is 11.7. The van der Waals surface area contributed by atoms with Crippen LogP contribution < -0.4 is 10.6 Å². The molecule has 0 spiro atoms. The lowest BCUT2D eigenvalue weighted by molar-refractivity contribution is -0.133. The average Bonchev–Trinajstić information content (AvgIpc) is 3.60. The van der Waals surface area contributed by atoms with Crippen LogP contribution in [0.1, 0.15) is 74.6 Å². The number of rotatable bonds is 5. The molecule has 2 aromatic heterocycles. The van der Waals surface area contributed by atoms with E-state index >= 15 is 0 Å². The van der Waals surface area contributed by atoms with Gasteiger partial charge in [-0.15, -0.1) is 22.7 Å². The molecular formula is C29H36N2O2S2. The summed E-state index contributed by atoms with van der Waals surface area (Å²) in [6.07, 6.45) is 10.2. The van der Waals surface area contributed by atoms with Gasteiger partial charge < -0.3 is 10.6 Å². The maximum atomic E-state index is 13.9. The van der Waals surface area contributed by atoms with Crippen molar-refractivity contribution in [1.29, 1.82) is 0 Å². The van der Waals surface area contributed by atoms with Crippen LogP contribution in [0.25, 0.3) is 0 Å². The Balaban J connectivity index is 1.21. The standard InChI is InChI=1S/C29H36N2O2S2/c1-28-13-11-21-19(7-10-25-29(21,2)14-12-26(32)31-25)20(28)8-9-22(28)27(33)30-23(24-6-4-16-35-24)17-18-5-3-15-34-18/h3-6,10,15-16,19-23H,7-9,11-14,17H2,1-2H3,(H,30,33)(H,31,32)/t19-,20-,21-,22+,23?,28-,29+/m0/s1. The highest BCUT2D eigenvalue weighted by atomic mass is 32.1. The monoisotopic (exact) mass is 508 g/mol. The summed E-state index contributed by atoms with van der Waals surface area (Å²) in [5.74, 6) is 2.33. The van der Waals surface area contributed by atoms with E-state index in [2.05, 4.69) is 65.6 Å². The van der Waals surface area contributed by atoms with E-state index in [4.69, 9.17) is 0 Å². The van der Waals surface area contributed by atoms with Gasteiger partial charge in [0.1, 0.15) is 0 Å². The van der Waals surface area contributed by atoms with Gasteiger partial charge in [-0.3, -0.25) is 9.59 Å². The number of amides is 2. The number of hydrogen-bond donors (Lipinski definition) is 2. The minimum absolute atomic E-state index is 0.0464. The van der Waals surface area contributed by atoms with Crippen molar-refractivity contribution >= 4 is 34.5 Å². The zero-order valence-corrected chi connectivity index (χ0v) is 22.4. The molecular weight excluding hydrogens is 472 g/mol. The Morgan fingerprint density at radius 2 is 1.94 bits per heavy atom. The summed E-state index contributed by atoms with van der Waals surface area (Å²) in [4.78, 5) is 28.5. The Morgan fingerprint density at radius 1 is 1.11 bits per heavy atom. The summed E-state index contributed by atoms with van der Waals surface area (Å²) in [5, 5.41) is 10.9. The third-order valence-corrected chi connectivity index (χ3v) is 12.0. The molecule has 0 radical (unpaired) electrons. The Hall–Kier alpha value is -1.92. The largest absolute Gasteiger partial charge is 0.348 e. The second-order valence-corrected chi connectivity index (χ2v) is 13.7. The van der Waals surface area contributed by atoms with Crippen LogP contribution in [0.15, 0.2) is 46.8 Å². The molecule has 6 rings (SSSR count).